The second kappa shape index (κ2) is 9.51. The van der Waals surface area contributed by atoms with Crippen LogP contribution in [-0.4, -0.2) is 52.3 Å². The molecule has 9 nitrogen and oxygen atoms in total. The molecular weight excluding hydrogens is 406 g/mol. The van der Waals surface area contributed by atoms with Crippen LogP contribution in [0.2, 0.25) is 0 Å². The van der Waals surface area contributed by atoms with Crippen molar-refractivity contribution in [3.8, 4) is 0 Å². The summed E-state index contributed by atoms with van der Waals surface area (Å²) in [5.41, 5.74) is 1.20. The van der Waals surface area contributed by atoms with Crippen LogP contribution in [0.3, 0.4) is 0 Å². The number of thiol groups is 1. The Morgan fingerprint density at radius 3 is 2.77 bits per heavy atom. The molecule has 156 valence electrons. The molecule has 2 aromatic rings. The fourth-order valence-corrected chi connectivity index (χ4v) is 3.32. The van der Waals surface area contributed by atoms with Gasteiger partial charge in [-0.25, -0.2) is 0 Å². The summed E-state index contributed by atoms with van der Waals surface area (Å²) in [7, 11) is 0. The number of hydrogen-bond acceptors (Lipinski definition) is 7. The van der Waals surface area contributed by atoms with Crippen LogP contribution in [0.4, 0.5) is 5.69 Å². The van der Waals surface area contributed by atoms with Crippen LogP contribution in [-0.2, 0) is 16.1 Å². The maximum atomic E-state index is 12.9. The molecule has 0 radical (unpaired) electrons. The van der Waals surface area contributed by atoms with Gasteiger partial charge in [-0.2, -0.15) is 0 Å². The number of benzene rings is 1. The standard InChI is InChI=1S/C20H21N5O4S/c1-13(15-2-3-18(30)17(10-15)25(28)29)20(27)24-9-8-22-16(12-24)19(26)23-11-14-4-6-21-7-5-14/h2-7,10,16,22,30H,1,8-9,11-12H2,(H,23,26). The highest BCUT2D eigenvalue weighted by Crippen LogP contribution is 2.27. The third kappa shape index (κ3) is 5.02. The molecular formula is C20H21N5O4S. The van der Waals surface area contributed by atoms with E-state index in [1.54, 1.807) is 18.5 Å². The summed E-state index contributed by atoms with van der Waals surface area (Å²) in [6.07, 6.45) is 3.30. The highest BCUT2D eigenvalue weighted by molar-refractivity contribution is 7.80. The maximum absolute atomic E-state index is 12.9. The van der Waals surface area contributed by atoms with Crippen LogP contribution in [0.15, 0.2) is 54.2 Å². The number of rotatable bonds is 6. The molecule has 1 atom stereocenters. The normalized spacial score (nSPS) is 16.0. The molecule has 1 aromatic carbocycles. The zero-order valence-corrected chi connectivity index (χ0v) is 17.0. The summed E-state index contributed by atoms with van der Waals surface area (Å²) in [5.74, 6) is -0.588. The number of pyridine rings is 1. The van der Waals surface area contributed by atoms with Crippen molar-refractivity contribution in [2.45, 2.75) is 17.5 Å². The highest BCUT2D eigenvalue weighted by atomic mass is 32.1. The molecule has 3 rings (SSSR count). The summed E-state index contributed by atoms with van der Waals surface area (Å²) in [4.78, 5) is 41.6. The van der Waals surface area contributed by atoms with E-state index in [9.17, 15) is 19.7 Å². The number of piperazine rings is 1. The van der Waals surface area contributed by atoms with Crippen molar-refractivity contribution in [3.63, 3.8) is 0 Å². The molecule has 0 aliphatic carbocycles. The molecule has 2 heterocycles. The van der Waals surface area contributed by atoms with Gasteiger partial charge in [0, 0.05) is 50.2 Å². The van der Waals surface area contributed by atoms with Gasteiger partial charge in [0.05, 0.1) is 9.82 Å². The predicted octanol–water partition coefficient (Wildman–Crippen LogP) is 1.41. The van der Waals surface area contributed by atoms with E-state index in [1.807, 2.05) is 12.1 Å². The van der Waals surface area contributed by atoms with Crippen molar-refractivity contribution in [2.24, 2.45) is 0 Å². The Morgan fingerprint density at radius 1 is 1.33 bits per heavy atom. The molecule has 2 N–H and O–H groups in total. The van der Waals surface area contributed by atoms with Crippen LogP contribution >= 0.6 is 12.6 Å². The Labute approximate surface area is 178 Å². The van der Waals surface area contributed by atoms with Crippen LogP contribution < -0.4 is 10.6 Å². The smallest absolute Gasteiger partial charge is 0.283 e. The minimum absolute atomic E-state index is 0.129. The average molecular weight is 427 g/mol. The minimum atomic E-state index is -0.563. The van der Waals surface area contributed by atoms with E-state index in [-0.39, 0.29) is 34.5 Å². The van der Waals surface area contributed by atoms with Crippen LogP contribution in [0.1, 0.15) is 11.1 Å². The lowest BCUT2D eigenvalue weighted by Gasteiger charge is -2.33. The van der Waals surface area contributed by atoms with Crippen LogP contribution in [0.5, 0.6) is 0 Å². The van der Waals surface area contributed by atoms with Crippen molar-refractivity contribution in [2.75, 3.05) is 19.6 Å². The van der Waals surface area contributed by atoms with E-state index in [0.29, 0.717) is 25.2 Å². The van der Waals surface area contributed by atoms with Gasteiger partial charge in [0.25, 0.3) is 11.6 Å². The molecule has 0 bridgehead atoms. The summed E-state index contributed by atoms with van der Waals surface area (Å²) < 4.78 is 0. The van der Waals surface area contributed by atoms with Crippen molar-refractivity contribution in [1.82, 2.24) is 20.5 Å². The lowest BCUT2D eigenvalue weighted by molar-refractivity contribution is -0.387. The quantitative estimate of drug-likeness (QED) is 0.278. The van der Waals surface area contributed by atoms with Crippen molar-refractivity contribution in [3.05, 3.63) is 70.5 Å². The van der Waals surface area contributed by atoms with Gasteiger partial charge in [-0.15, -0.1) is 12.6 Å². The van der Waals surface area contributed by atoms with Gasteiger partial charge >= 0.3 is 0 Å². The second-order valence-electron chi connectivity index (χ2n) is 6.77. The third-order valence-corrected chi connectivity index (χ3v) is 5.15. The molecule has 1 saturated heterocycles. The Balaban J connectivity index is 1.63. The monoisotopic (exact) mass is 427 g/mol. The number of nitrogens with zero attached hydrogens (tertiary/aromatic N) is 3. The second-order valence-corrected chi connectivity index (χ2v) is 7.25. The topological polar surface area (TPSA) is 117 Å². The van der Waals surface area contributed by atoms with Crippen molar-refractivity contribution >= 4 is 35.7 Å². The number of carbonyl (C=O) groups excluding carboxylic acids is 2. The third-order valence-electron chi connectivity index (χ3n) is 4.77. The van der Waals surface area contributed by atoms with Crippen LogP contribution in [0, 0.1) is 10.1 Å². The SMILES string of the molecule is C=C(C(=O)N1CCNC(C(=O)NCc2ccncc2)C1)c1ccc(S)c([N+](=O)[O-])c1. The predicted molar refractivity (Wildman–Crippen MR) is 114 cm³/mol. The summed E-state index contributed by atoms with van der Waals surface area (Å²) >= 11 is 4.06. The molecule has 1 aliphatic heterocycles. The Hall–Kier alpha value is -3.24. The van der Waals surface area contributed by atoms with Gasteiger partial charge in [-0.1, -0.05) is 12.6 Å². The molecule has 1 aromatic heterocycles. The number of carbonyl (C=O) groups is 2. The Kier molecular flexibility index (Phi) is 6.80. The highest BCUT2D eigenvalue weighted by Gasteiger charge is 2.29. The largest absolute Gasteiger partial charge is 0.351 e. The maximum Gasteiger partial charge on any atom is 0.283 e. The van der Waals surface area contributed by atoms with E-state index in [4.69, 9.17) is 0 Å². The van der Waals surface area contributed by atoms with Gasteiger partial charge in [-0.05, 0) is 29.3 Å². The molecule has 0 saturated carbocycles. The molecule has 1 fully saturated rings. The van der Waals surface area contributed by atoms with E-state index in [0.717, 1.165) is 5.56 Å². The molecule has 10 heteroatoms. The number of amides is 2. The number of nitrogens with one attached hydrogen (secondary N) is 2. The lowest BCUT2D eigenvalue weighted by atomic mass is 10.0. The fourth-order valence-electron chi connectivity index (χ4n) is 3.09. The van der Waals surface area contributed by atoms with E-state index < -0.39 is 11.0 Å². The van der Waals surface area contributed by atoms with Gasteiger partial charge in [0.1, 0.15) is 6.04 Å². The summed E-state index contributed by atoms with van der Waals surface area (Å²) in [6, 6.07) is 7.36. The van der Waals surface area contributed by atoms with Gasteiger partial charge < -0.3 is 15.5 Å². The zero-order chi connectivity index (χ0) is 21.7. The summed E-state index contributed by atoms with van der Waals surface area (Å²) in [6.45, 7) is 5.19. The first-order valence-corrected chi connectivity index (χ1v) is 9.67. The Morgan fingerprint density at radius 2 is 2.07 bits per heavy atom. The van der Waals surface area contributed by atoms with Crippen molar-refractivity contribution in [1.29, 1.82) is 0 Å². The number of nitro benzene ring substituents is 1. The van der Waals surface area contributed by atoms with E-state index >= 15 is 0 Å². The molecule has 1 aliphatic rings. The minimum Gasteiger partial charge on any atom is -0.351 e. The van der Waals surface area contributed by atoms with Crippen molar-refractivity contribution < 1.29 is 14.5 Å². The first-order valence-electron chi connectivity index (χ1n) is 9.22. The van der Waals surface area contributed by atoms with E-state index in [2.05, 4.69) is 34.8 Å². The molecule has 2 amide bonds. The lowest BCUT2D eigenvalue weighted by Crippen LogP contribution is -2.58. The first-order chi connectivity index (χ1) is 14.4. The molecule has 1 unspecified atom stereocenters. The molecule has 0 spiro atoms. The van der Waals surface area contributed by atoms with Gasteiger partial charge in [0.2, 0.25) is 5.91 Å². The average Bonchev–Trinajstić information content (AvgIpc) is 2.77. The molecule has 30 heavy (non-hydrogen) atoms. The number of aromatic nitrogens is 1. The summed E-state index contributed by atoms with van der Waals surface area (Å²) in [5, 5.41) is 17.1. The van der Waals surface area contributed by atoms with Gasteiger partial charge in [-0.3, -0.25) is 24.7 Å². The first kappa shape index (κ1) is 21.5. The zero-order valence-electron chi connectivity index (χ0n) is 16.1. The number of nitro groups is 1. The fraction of sp³-hybridized carbons (Fsp3) is 0.250. The Bertz CT molecular complexity index is 982. The van der Waals surface area contributed by atoms with Crippen LogP contribution in [0.25, 0.3) is 5.57 Å². The number of hydrogen-bond donors (Lipinski definition) is 3. The van der Waals surface area contributed by atoms with E-state index in [1.165, 1.54) is 17.0 Å². The van der Waals surface area contributed by atoms with Gasteiger partial charge in [0.15, 0.2) is 0 Å².